The molecule has 0 radical (unpaired) electrons. The molecule has 1 aromatic heterocycles. The van der Waals surface area contributed by atoms with Crippen LogP contribution >= 0.6 is 0 Å². The summed E-state index contributed by atoms with van der Waals surface area (Å²) in [5.74, 6) is 0.546. The van der Waals surface area contributed by atoms with Crippen LogP contribution in [-0.2, 0) is 11.3 Å². The number of hydrogen-bond donors (Lipinski definition) is 1. The van der Waals surface area contributed by atoms with Gasteiger partial charge in [-0.25, -0.2) is 0 Å². The van der Waals surface area contributed by atoms with Crippen molar-refractivity contribution in [3.05, 3.63) is 18.0 Å². The van der Waals surface area contributed by atoms with Gasteiger partial charge in [-0.2, -0.15) is 5.10 Å². The van der Waals surface area contributed by atoms with Crippen LogP contribution in [0.4, 0.5) is 0 Å². The Kier molecular flexibility index (Phi) is 3.38. The maximum atomic E-state index is 5.63. The van der Waals surface area contributed by atoms with Crippen molar-refractivity contribution in [1.82, 2.24) is 15.1 Å². The predicted molar refractivity (Wildman–Crippen MR) is 58.9 cm³/mol. The molecular formula is C11H19N3O. The lowest BCUT2D eigenvalue weighted by molar-refractivity contribution is 0.0161. The number of nitrogens with zero attached hydrogens (tertiary/aromatic N) is 2. The highest BCUT2D eigenvalue weighted by Gasteiger charge is 2.14. The van der Waals surface area contributed by atoms with Crippen molar-refractivity contribution in [2.24, 2.45) is 0 Å². The third kappa shape index (κ3) is 2.79. The second-order valence-corrected chi connectivity index (χ2v) is 4.35. The molecule has 15 heavy (non-hydrogen) atoms. The number of nitrogens with one attached hydrogen (secondary N) is 1. The van der Waals surface area contributed by atoms with Crippen LogP contribution < -0.4 is 5.32 Å². The van der Waals surface area contributed by atoms with E-state index in [9.17, 15) is 0 Å². The van der Waals surface area contributed by atoms with Crippen molar-refractivity contribution in [3.8, 4) is 0 Å². The summed E-state index contributed by atoms with van der Waals surface area (Å²) >= 11 is 0. The van der Waals surface area contributed by atoms with Gasteiger partial charge in [0, 0.05) is 19.3 Å². The van der Waals surface area contributed by atoms with E-state index in [1.165, 1.54) is 5.56 Å². The number of ether oxygens (including phenoxy) is 1. The summed E-state index contributed by atoms with van der Waals surface area (Å²) in [6, 6.07) is 0. The van der Waals surface area contributed by atoms with Gasteiger partial charge in [-0.05, 0) is 11.5 Å². The van der Waals surface area contributed by atoms with Crippen LogP contribution in [0.5, 0.6) is 0 Å². The van der Waals surface area contributed by atoms with Gasteiger partial charge in [0.05, 0.1) is 25.5 Å². The fourth-order valence-electron chi connectivity index (χ4n) is 1.72. The summed E-state index contributed by atoms with van der Waals surface area (Å²) in [4.78, 5) is 0. The van der Waals surface area contributed by atoms with Crippen molar-refractivity contribution in [1.29, 1.82) is 0 Å². The van der Waals surface area contributed by atoms with Gasteiger partial charge in [-0.1, -0.05) is 13.8 Å². The Morgan fingerprint density at radius 2 is 2.53 bits per heavy atom. The second-order valence-electron chi connectivity index (χ2n) is 4.35. The summed E-state index contributed by atoms with van der Waals surface area (Å²) in [6.45, 7) is 7.91. The number of aromatic nitrogens is 2. The van der Waals surface area contributed by atoms with Crippen molar-refractivity contribution in [2.45, 2.75) is 32.4 Å². The highest BCUT2D eigenvalue weighted by molar-refractivity contribution is 5.08. The summed E-state index contributed by atoms with van der Waals surface area (Å²) in [6.07, 6.45) is 4.32. The smallest absolute Gasteiger partial charge is 0.0895 e. The van der Waals surface area contributed by atoms with Crippen LogP contribution in [0.15, 0.2) is 12.4 Å². The molecule has 0 saturated carbocycles. The molecule has 0 aliphatic carbocycles. The van der Waals surface area contributed by atoms with E-state index in [0.29, 0.717) is 5.92 Å². The molecule has 0 bridgehead atoms. The summed E-state index contributed by atoms with van der Waals surface area (Å²) < 4.78 is 7.61. The molecule has 1 fully saturated rings. The lowest BCUT2D eigenvalue weighted by Gasteiger charge is -2.23. The molecular weight excluding hydrogens is 190 g/mol. The molecule has 2 rings (SSSR count). The second kappa shape index (κ2) is 4.77. The van der Waals surface area contributed by atoms with E-state index in [4.69, 9.17) is 4.74 Å². The molecule has 0 unspecified atom stereocenters. The highest BCUT2D eigenvalue weighted by Crippen LogP contribution is 2.12. The van der Waals surface area contributed by atoms with E-state index in [1.54, 1.807) is 0 Å². The van der Waals surface area contributed by atoms with Gasteiger partial charge in [0.2, 0.25) is 0 Å². The quantitative estimate of drug-likeness (QED) is 0.807. The van der Waals surface area contributed by atoms with Crippen molar-refractivity contribution in [3.63, 3.8) is 0 Å². The minimum atomic E-state index is 0.263. The standard InChI is InChI=1S/C11H19N3O/c1-9(2)10-5-13-14(7-10)8-11-6-12-3-4-15-11/h5,7,9,11-12H,3-4,6,8H2,1-2H3/t11-/m0/s1. The average molecular weight is 209 g/mol. The van der Waals surface area contributed by atoms with Gasteiger partial charge in [0.1, 0.15) is 0 Å². The van der Waals surface area contributed by atoms with Crippen molar-refractivity contribution in [2.75, 3.05) is 19.7 Å². The van der Waals surface area contributed by atoms with Crippen LogP contribution in [0.1, 0.15) is 25.3 Å². The number of rotatable bonds is 3. The van der Waals surface area contributed by atoms with E-state index < -0.39 is 0 Å². The Hall–Kier alpha value is -0.870. The van der Waals surface area contributed by atoms with Crippen molar-refractivity contribution < 1.29 is 4.74 Å². The Labute approximate surface area is 90.6 Å². The largest absolute Gasteiger partial charge is 0.374 e. The first-order valence-electron chi connectivity index (χ1n) is 5.60. The van der Waals surface area contributed by atoms with Crippen LogP contribution in [0.2, 0.25) is 0 Å². The minimum Gasteiger partial charge on any atom is -0.374 e. The van der Waals surface area contributed by atoms with Gasteiger partial charge >= 0.3 is 0 Å². The van der Waals surface area contributed by atoms with E-state index in [0.717, 1.165) is 26.2 Å². The minimum absolute atomic E-state index is 0.263. The first kappa shape index (κ1) is 10.6. The zero-order valence-corrected chi connectivity index (χ0v) is 9.44. The molecule has 0 aromatic carbocycles. The summed E-state index contributed by atoms with van der Waals surface area (Å²) in [5.41, 5.74) is 1.29. The van der Waals surface area contributed by atoms with E-state index in [1.807, 2.05) is 10.9 Å². The first-order valence-corrected chi connectivity index (χ1v) is 5.60. The Morgan fingerprint density at radius 1 is 1.67 bits per heavy atom. The van der Waals surface area contributed by atoms with Gasteiger partial charge in [-0.3, -0.25) is 4.68 Å². The molecule has 1 saturated heterocycles. The average Bonchev–Trinajstić information content (AvgIpc) is 2.68. The predicted octanol–water partition coefficient (Wildman–Crippen LogP) is 0.995. The normalized spacial score (nSPS) is 22.2. The molecule has 4 heteroatoms. The van der Waals surface area contributed by atoms with Crippen LogP contribution in [0, 0.1) is 0 Å². The maximum Gasteiger partial charge on any atom is 0.0895 e. The molecule has 0 amide bonds. The lowest BCUT2D eigenvalue weighted by atomic mass is 10.1. The molecule has 1 aromatic rings. The Bertz CT molecular complexity index is 303. The van der Waals surface area contributed by atoms with E-state index >= 15 is 0 Å². The third-order valence-corrected chi connectivity index (χ3v) is 2.71. The molecule has 1 aliphatic rings. The number of hydrogen-bond acceptors (Lipinski definition) is 3. The molecule has 4 nitrogen and oxygen atoms in total. The highest BCUT2D eigenvalue weighted by atomic mass is 16.5. The third-order valence-electron chi connectivity index (χ3n) is 2.71. The maximum absolute atomic E-state index is 5.63. The van der Waals surface area contributed by atoms with Gasteiger partial charge < -0.3 is 10.1 Å². The fourth-order valence-corrected chi connectivity index (χ4v) is 1.72. The zero-order chi connectivity index (χ0) is 10.7. The molecule has 2 heterocycles. The van der Waals surface area contributed by atoms with Gasteiger partial charge in [-0.15, -0.1) is 0 Å². The SMILES string of the molecule is CC(C)c1cnn(C[C@@H]2CNCCO2)c1. The van der Waals surface area contributed by atoms with Crippen LogP contribution in [0.25, 0.3) is 0 Å². The molecule has 1 aliphatic heterocycles. The van der Waals surface area contributed by atoms with Crippen LogP contribution in [-0.4, -0.2) is 35.6 Å². The molecule has 84 valence electrons. The summed E-state index contributed by atoms with van der Waals surface area (Å²) in [5, 5.41) is 7.66. The summed E-state index contributed by atoms with van der Waals surface area (Å²) in [7, 11) is 0. The Morgan fingerprint density at radius 3 is 3.13 bits per heavy atom. The topological polar surface area (TPSA) is 39.1 Å². The number of morpholine rings is 1. The van der Waals surface area contributed by atoms with Gasteiger partial charge in [0.15, 0.2) is 0 Å². The molecule has 1 atom stereocenters. The monoisotopic (exact) mass is 209 g/mol. The fraction of sp³-hybridized carbons (Fsp3) is 0.727. The van der Waals surface area contributed by atoms with Crippen molar-refractivity contribution >= 4 is 0 Å². The zero-order valence-electron chi connectivity index (χ0n) is 9.44. The Balaban J connectivity index is 1.91. The van der Waals surface area contributed by atoms with Crippen LogP contribution in [0.3, 0.4) is 0 Å². The molecule has 1 N–H and O–H groups in total. The van der Waals surface area contributed by atoms with E-state index in [2.05, 4.69) is 30.5 Å². The lowest BCUT2D eigenvalue weighted by Crippen LogP contribution is -2.40. The first-order chi connectivity index (χ1) is 7.25. The molecule has 0 spiro atoms. The van der Waals surface area contributed by atoms with E-state index in [-0.39, 0.29) is 6.10 Å². The van der Waals surface area contributed by atoms with Gasteiger partial charge in [0.25, 0.3) is 0 Å².